The molecule has 0 fully saturated rings. The van der Waals surface area contributed by atoms with E-state index >= 15 is 0 Å². The van der Waals surface area contributed by atoms with Crippen molar-refractivity contribution in [3.63, 3.8) is 0 Å². The molecule has 0 aliphatic carbocycles. The Hall–Kier alpha value is -3.33. The first kappa shape index (κ1) is 24.8. The highest BCUT2D eigenvalue weighted by Gasteiger charge is 2.33. The average molecular weight is 539 g/mol. The Morgan fingerprint density at radius 2 is 1.97 bits per heavy atom. The Labute approximate surface area is 212 Å². The number of esters is 2. The third-order valence-electron chi connectivity index (χ3n) is 5.66. The molecule has 1 aliphatic heterocycles. The van der Waals surface area contributed by atoms with Gasteiger partial charge in [0.1, 0.15) is 11.9 Å². The van der Waals surface area contributed by atoms with Crippen LogP contribution in [0.25, 0.3) is 5.69 Å². The minimum atomic E-state index is -1.33. The number of hydrogen-bond donors (Lipinski definition) is 0. The minimum Gasteiger partial charge on any atom is -0.463 e. The fraction of sp³-hybridized carbons (Fsp3) is 0.346. The number of rotatable bonds is 7. The summed E-state index contributed by atoms with van der Waals surface area (Å²) in [6, 6.07) is 11.6. The summed E-state index contributed by atoms with van der Waals surface area (Å²) >= 11 is 3.60. The van der Waals surface area contributed by atoms with Crippen LogP contribution in [-0.4, -0.2) is 44.4 Å². The molecule has 0 amide bonds. The molecular weight excluding hydrogens is 512 g/mol. The highest BCUT2D eigenvalue weighted by Crippen LogP contribution is 2.34. The smallest absolute Gasteiger partial charge is 0.350 e. The van der Waals surface area contributed by atoms with Crippen molar-refractivity contribution < 1.29 is 19.1 Å². The lowest BCUT2D eigenvalue weighted by atomic mass is 10.0. The number of hydrogen-bond acceptors (Lipinski definition) is 7. The Kier molecular flexibility index (Phi) is 7.16. The Balaban J connectivity index is 1.62. The van der Waals surface area contributed by atoms with Crippen LogP contribution in [0.1, 0.15) is 62.4 Å². The summed E-state index contributed by atoms with van der Waals surface area (Å²) in [6.07, 6.45) is 4.75. The first-order chi connectivity index (χ1) is 16.7. The van der Waals surface area contributed by atoms with Crippen LogP contribution in [-0.2, 0) is 19.1 Å². The van der Waals surface area contributed by atoms with Crippen molar-refractivity contribution >= 4 is 33.6 Å². The number of fused-ring (bicyclic) bond motifs is 3. The zero-order valence-corrected chi connectivity index (χ0v) is 21.7. The second-order valence-electron chi connectivity index (χ2n) is 8.85. The predicted molar refractivity (Wildman–Crippen MR) is 135 cm³/mol. The van der Waals surface area contributed by atoms with E-state index in [1.54, 1.807) is 6.20 Å². The maximum Gasteiger partial charge on any atom is 0.350 e. The highest BCUT2D eigenvalue weighted by atomic mass is 79.9. The molecular formula is C26H27BrN4O4. The van der Waals surface area contributed by atoms with Gasteiger partial charge in [-0.05, 0) is 63.9 Å². The molecule has 9 heteroatoms. The molecule has 1 aliphatic rings. The van der Waals surface area contributed by atoms with Gasteiger partial charge in [-0.1, -0.05) is 22.0 Å². The van der Waals surface area contributed by atoms with E-state index < -0.39 is 17.5 Å². The van der Waals surface area contributed by atoms with E-state index in [1.807, 2.05) is 43.5 Å². The van der Waals surface area contributed by atoms with Crippen LogP contribution in [0.4, 0.5) is 0 Å². The van der Waals surface area contributed by atoms with Crippen molar-refractivity contribution in [2.45, 2.75) is 52.2 Å². The van der Waals surface area contributed by atoms with Gasteiger partial charge in [-0.15, -0.1) is 0 Å². The minimum absolute atomic E-state index is 0.173. The van der Waals surface area contributed by atoms with Crippen LogP contribution in [0.5, 0.6) is 0 Å². The Morgan fingerprint density at radius 1 is 1.17 bits per heavy atom. The van der Waals surface area contributed by atoms with E-state index in [2.05, 4.69) is 31.5 Å². The monoisotopic (exact) mass is 538 g/mol. The molecule has 182 valence electrons. The molecule has 0 unspecified atom stereocenters. The van der Waals surface area contributed by atoms with Gasteiger partial charge in [-0.3, -0.25) is 19.3 Å². The van der Waals surface area contributed by atoms with Crippen LogP contribution < -0.4 is 0 Å². The third-order valence-corrected chi connectivity index (χ3v) is 6.15. The number of pyridine rings is 1. The normalized spacial score (nSPS) is 14.9. The summed E-state index contributed by atoms with van der Waals surface area (Å²) in [7, 11) is 0. The van der Waals surface area contributed by atoms with Crippen molar-refractivity contribution in [3.05, 3.63) is 76.0 Å². The molecule has 0 radical (unpaired) electrons. The van der Waals surface area contributed by atoms with Gasteiger partial charge in [0.05, 0.1) is 23.7 Å². The van der Waals surface area contributed by atoms with Gasteiger partial charge in [0.2, 0.25) is 5.60 Å². The van der Waals surface area contributed by atoms with Crippen LogP contribution >= 0.6 is 15.9 Å². The number of aryl methyl sites for hydroxylation is 1. The largest absolute Gasteiger partial charge is 0.463 e. The quantitative estimate of drug-likeness (QED) is 0.313. The summed E-state index contributed by atoms with van der Waals surface area (Å²) in [5.41, 5.74) is 3.17. The first-order valence-corrected chi connectivity index (χ1v) is 12.2. The fourth-order valence-electron chi connectivity index (χ4n) is 4.10. The van der Waals surface area contributed by atoms with Gasteiger partial charge >= 0.3 is 11.9 Å². The molecule has 0 saturated heterocycles. The van der Waals surface area contributed by atoms with Gasteiger partial charge in [-0.25, -0.2) is 9.78 Å². The number of halogens is 1. The number of benzene rings is 1. The van der Waals surface area contributed by atoms with Crippen molar-refractivity contribution in [2.75, 3.05) is 6.61 Å². The van der Waals surface area contributed by atoms with Crippen molar-refractivity contribution in [3.8, 4) is 5.69 Å². The maximum atomic E-state index is 12.4. The summed E-state index contributed by atoms with van der Waals surface area (Å²) < 4.78 is 13.5. The van der Waals surface area contributed by atoms with Gasteiger partial charge in [-0.2, -0.15) is 0 Å². The van der Waals surface area contributed by atoms with E-state index in [1.165, 1.54) is 20.8 Å². The molecule has 0 bridgehead atoms. The summed E-state index contributed by atoms with van der Waals surface area (Å²) in [6.45, 7) is 6.48. The number of nitrogens with zero attached hydrogens (tertiary/aromatic N) is 4. The van der Waals surface area contributed by atoms with E-state index in [4.69, 9.17) is 19.5 Å². The van der Waals surface area contributed by atoms with Gasteiger partial charge < -0.3 is 9.47 Å². The van der Waals surface area contributed by atoms with E-state index in [9.17, 15) is 9.59 Å². The lowest BCUT2D eigenvalue weighted by molar-refractivity contribution is -0.177. The Bertz CT molecular complexity index is 1280. The molecule has 3 aromatic rings. The summed E-state index contributed by atoms with van der Waals surface area (Å²) in [4.78, 5) is 38.0. The number of ether oxygens (including phenoxy) is 2. The Morgan fingerprint density at radius 3 is 2.69 bits per heavy atom. The van der Waals surface area contributed by atoms with Gasteiger partial charge in [0.15, 0.2) is 0 Å². The van der Waals surface area contributed by atoms with Crippen LogP contribution in [0.2, 0.25) is 0 Å². The third kappa shape index (κ3) is 5.35. The number of carbonyl (C=O) groups excluding carboxylic acids is 2. The highest BCUT2D eigenvalue weighted by molar-refractivity contribution is 9.10. The number of carbonyl (C=O) groups is 2. The fourth-order valence-corrected chi connectivity index (χ4v) is 4.46. The second kappa shape index (κ2) is 10.1. The molecule has 0 saturated carbocycles. The SMILES string of the molecule is CC(=O)OC(C)(C)C(=O)OCCC[C@@H]1N=C(c2ccccn2)c2cc(Br)ccc2-n2c(C)cnc21. The molecule has 1 aromatic carbocycles. The molecule has 2 aromatic heterocycles. The van der Waals surface area contributed by atoms with E-state index in [0.717, 1.165) is 38.6 Å². The topological polar surface area (TPSA) is 95.7 Å². The molecule has 35 heavy (non-hydrogen) atoms. The zero-order valence-electron chi connectivity index (χ0n) is 20.1. The maximum absolute atomic E-state index is 12.4. The molecule has 3 heterocycles. The summed E-state index contributed by atoms with van der Waals surface area (Å²) in [5.74, 6) is -0.292. The molecule has 0 N–H and O–H groups in total. The zero-order chi connectivity index (χ0) is 25.2. The number of aromatic nitrogens is 3. The summed E-state index contributed by atoms with van der Waals surface area (Å²) in [5, 5.41) is 0. The van der Waals surface area contributed by atoms with Gasteiger partial charge in [0, 0.05) is 35.0 Å². The van der Waals surface area contributed by atoms with Crippen molar-refractivity contribution in [2.24, 2.45) is 4.99 Å². The van der Waals surface area contributed by atoms with Crippen molar-refractivity contribution in [1.82, 2.24) is 14.5 Å². The molecule has 1 atom stereocenters. The molecule has 0 spiro atoms. The number of aliphatic imine (C=N–C) groups is 1. The van der Waals surface area contributed by atoms with Crippen LogP contribution in [0, 0.1) is 6.92 Å². The van der Waals surface area contributed by atoms with Gasteiger partial charge in [0.25, 0.3) is 0 Å². The lowest BCUT2D eigenvalue weighted by Crippen LogP contribution is -2.38. The average Bonchev–Trinajstić information content (AvgIpc) is 3.12. The number of imidazole rings is 1. The van der Waals surface area contributed by atoms with Crippen LogP contribution in [0.3, 0.4) is 0 Å². The van der Waals surface area contributed by atoms with Crippen LogP contribution in [0.15, 0.2) is 58.3 Å². The standard InChI is InChI=1S/C26H27BrN4O4/c1-16-15-29-24-21(9-7-13-34-25(33)26(3,4)35-17(2)32)30-23(20-8-5-6-12-28-20)19-14-18(27)10-11-22(19)31(16)24/h5-6,8,10-12,14-15,21H,7,9,13H2,1-4H3/t21-/m0/s1. The second-order valence-corrected chi connectivity index (χ2v) is 9.76. The van der Waals surface area contributed by atoms with Crippen molar-refractivity contribution in [1.29, 1.82) is 0 Å². The molecule has 4 rings (SSSR count). The predicted octanol–water partition coefficient (Wildman–Crippen LogP) is 4.90. The van der Waals surface area contributed by atoms with E-state index in [0.29, 0.717) is 12.8 Å². The lowest BCUT2D eigenvalue weighted by Gasteiger charge is -2.22. The molecule has 8 nitrogen and oxygen atoms in total. The first-order valence-electron chi connectivity index (χ1n) is 11.4. The van der Waals surface area contributed by atoms with E-state index in [-0.39, 0.29) is 12.6 Å².